The molecule has 1 amide bonds. The molecule has 10 nitrogen and oxygen atoms in total. The van der Waals surface area contributed by atoms with E-state index in [0.717, 1.165) is 6.26 Å². The predicted octanol–water partition coefficient (Wildman–Crippen LogP) is -2.00. The standard InChI is InChI=1S/C11H16N4O6S/c1-4(9(16)8(14-12)11(18)19)7-6(10(17)13-7)5(2)15-22(3,20)21/h4-7,15H,1-3H3,(H,13,17)(H,18,19)/t4-,5-,6-,7-/m1/s1. The molecule has 0 aliphatic carbocycles. The summed E-state index contributed by atoms with van der Waals surface area (Å²) >= 11 is 0. The number of hydrogen-bond acceptors (Lipinski definition) is 5. The number of Topliss-reactive ketones (excluding diaryl/α,β-unsaturated/α-hetero) is 1. The van der Waals surface area contributed by atoms with Crippen molar-refractivity contribution in [2.75, 3.05) is 6.26 Å². The maximum absolute atomic E-state index is 11.9. The molecule has 3 N–H and O–H groups in total. The van der Waals surface area contributed by atoms with Crippen LogP contribution in [-0.2, 0) is 24.4 Å². The molecule has 0 spiro atoms. The summed E-state index contributed by atoms with van der Waals surface area (Å²) in [4.78, 5) is 36.8. The minimum Gasteiger partial charge on any atom is -0.472 e. The molecule has 0 aromatic rings. The van der Waals surface area contributed by atoms with Gasteiger partial charge in [0.25, 0.3) is 5.78 Å². The van der Waals surface area contributed by atoms with Gasteiger partial charge in [-0.15, -0.1) is 0 Å². The van der Waals surface area contributed by atoms with Gasteiger partial charge in [-0.3, -0.25) is 9.59 Å². The minimum absolute atomic E-state index is 0.453. The highest BCUT2D eigenvalue weighted by atomic mass is 32.2. The second-order valence-electron chi connectivity index (χ2n) is 5.15. The quantitative estimate of drug-likeness (QED) is 0.160. The molecular formula is C11H16N4O6S. The van der Waals surface area contributed by atoms with Gasteiger partial charge in [0.05, 0.1) is 18.2 Å². The third-order valence-electron chi connectivity index (χ3n) is 3.43. The fourth-order valence-corrected chi connectivity index (χ4v) is 3.20. The first-order valence-corrected chi connectivity index (χ1v) is 8.16. The Balaban J connectivity index is 2.93. The lowest BCUT2D eigenvalue weighted by Gasteiger charge is -2.42. The molecule has 4 atom stereocenters. The van der Waals surface area contributed by atoms with E-state index in [2.05, 4.69) is 14.8 Å². The summed E-state index contributed by atoms with van der Waals surface area (Å²) < 4.78 is 24.7. The highest BCUT2D eigenvalue weighted by Gasteiger charge is 2.50. The molecule has 0 saturated carbocycles. The lowest BCUT2D eigenvalue weighted by atomic mass is 9.76. The Morgan fingerprint density at radius 3 is 2.32 bits per heavy atom. The van der Waals surface area contributed by atoms with Gasteiger partial charge in [0.2, 0.25) is 15.9 Å². The first kappa shape index (κ1) is 18.0. The van der Waals surface area contributed by atoms with Gasteiger partial charge < -0.3 is 16.0 Å². The first-order chi connectivity index (χ1) is 9.99. The smallest absolute Gasteiger partial charge is 0.441 e. The number of aliphatic carboxylic acids is 1. The number of nitrogens with one attached hydrogen (secondary N) is 2. The number of carbonyl (C=O) groups is 3. The summed E-state index contributed by atoms with van der Waals surface area (Å²) in [6.07, 6.45) is 0.935. The molecular weight excluding hydrogens is 316 g/mol. The zero-order valence-corrected chi connectivity index (χ0v) is 12.9. The van der Waals surface area contributed by atoms with E-state index in [0.29, 0.717) is 0 Å². The number of carboxylic acid groups (broad SMARTS) is 1. The number of amides is 1. The summed E-state index contributed by atoms with van der Waals surface area (Å²) in [6, 6.07) is -1.54. The molecule has 11 heteroatoms. The molecule has 1 rings (SSSR count). The lowest BCUT2D eigenvalue weighted by molar-refractivity contribution is -0.141. The van der Waals surface area contributed by atoms with E-state index in [-0.39, 0.29) is 0 Å². The van der Waals surface area contributed by atoms with Gasteiger partial charge >= 0.3 is 11.7 Å². The summed E-state index contributed by atoms with van der Waals surface area (Å²) in [7, 11) is -3.54. The van der Waals surface area contributed by atoms with E-state index >= 15 is 0 Å². The zero-order chi connectivity index (χ0) is 17.2. The molecule has 1 heterocycles. The van der Waals surface area contributed by atoms with Crippen LogP contribution in [0.15, 0.2) is 0 Å². The third kappa shape index (κ3) is 3.75. The van der Waals surface area contributed by atoms with Crippen molar-refractivity contribution in [1.29, 1.82) is 0 Å². The topological polar surface area (TPSA) is 166 Å². The van der Waals surface area contributed by atoms with Crippen molar-refractivity contribution in [3.05, 3.63) is 5.53 Å². The number of nitrogens with zero attached hydrogens (tertiary/aromatic N) is 2. The van der Waals surface area contributed by atoms with Gasteiger partial charge in [-0.1, -0.05) is 6.92 Å². The number of β-lactam (4-membered cyclic amide) rings is 1. The van der Waals surface area contributed by atoms with Crippen molar-refractivity contribution in [1.82, 2.24) is 10.0 Å². The van der Waals surface area contributed by atoms with Crippen LogP contribution in [0.2, 0.25) is 0 Å². The average Bonchev–Trinajstić information content (AvgIpc) is 2.32. The average molecular weight is 332 g/mol. The Labute approximate surface area is 126 Å². The van der Waals surface area contributed by atoms with E-state index in [9.17, 15) is 22.8 Å². The molecule has 1 aliphatic rings. The molecule has 0 radical (unpaired) electrons. The molecule has 1 saturated heterocycles. The van der Waals surface area contributed by atoms with E-state index in [1.807, 2.05) is 0 Å². The summed E-state index contributed by atoms with van der Waals surface area (Å²) in [5, 5.41) is 11.2. The Bertz CT molecular complexity index is 666. The molecule has 0 aromatic heterocycles. The molecule has 0 unspecified atom stereocenters. The number of hydrogen-bond donors (Lipinski definition) is 3. The molecule has 22 heavy (non-hydrogen) atoms. The van der Waals surface area contributed by atoms with Crippen LogP contribution in [0.1, 0.15) is 13.8 Å². The largest absolute Gasteiger partial charge is 0.472 e. The number of ketones is 1. The van der Waals surface area contributed by atoms with Gasteiger partial charge in [0.1, 0.15) is 0 Å². The Morgan fingerprint density at radius 2 is 1.95 bits per heavy atom. The number of carbonyl (C=O) groups excluding carboxylic acids is 2. The van der Waals surface area contributed by atoms with Crippen molar-refractivity contribution in [3.63, 3.8) is 0 Å². The summed E-state index contributed by atoms with van der Waals surface area (Å²) in [5.41, 5.74) is 7.53. The molecule has 1 aliphatic heterocycles. The Hall–Kier alpha value is -2.10. The van der Waals surface area contributed by atoms with Crippen LogP contribution in [0.25, 0.3) is 5.53 Å². The van der Waals surface area contributed by atoms with E-state index < -0.39 is 57.3 Å². The molecule has 1 fully saturated rings. The van der Waals surface area contributed by atoms with E-state index in [4.69, 9.17) is 10.6 Å². The molecule has 0 aromatic carbocycles. The highest BCUT2D eigenvalue weighted by molar-refractivity contribution is 7.88. The van der Waals surface area contributed by atoms with Crippen LogP contribution in [-0.4, -0.2) is 60.0 Å². The Kier molecular flexibility index (Phi) is 5.17. The van der Waals surface area contributed by atoms with Gasteiger partial charge in [-0.2, -0.15) is 4.79 Å². The maximum atomic E-state index is 11.9. The van der Waals surface area contributed by atoms with Crippen molar-refractivity contribution >= 4 is 33.4 Å². The summed E-state index contributed by atoms with van der Waals surface area (Å²) in [6.45, 7) is 2.83. The van der Waals surface area contributed by atoms with Gasteiger partial charge in [0, 0.05) is 12.0 Å². The van der Waals surface area contributed by atoms with Crippen LogP contribution in [0.5, 0.6) is 0 Å². The number of sulfonamides is 1. The summed E-state index contributed by atoms with van der Waals surface area (Å²) in [5.74, 6) is -4.93. The highest BCUT2D eigenvalue weighted by Crippen LogP contribution is 2.26. The van der Waals surface area contributed by atoms with Crippen molar-refractivity contribution in [3.8, 4) is 0 Å². The molecule has 0 bridgehead atoms. The zero-order valence-electron chi connectivity index (χ0n) is 12.1. The number of carboxylic acids is 1. The minimum atomic E-state index is -3.54. The fourth-order valence-electron chi connectivity index (χ4n) is 2.38. The first-order valence-electron chi connectivity index (χ1n) is 6.26. The fraction of sp³-hybridized carbons (Fsp3) is 0.636. The SMILES string of the molecule is C[C@@H](NS(C)(=O)=O)[C@H]1C(=O)N[C@@H]1[C@@H](C)C(=O)C(=[N+]=[N-])C(=O)O. The third-order valence-corrected chi connectivity index (χ3v) is 4.23. The second-order valence-corrected chi connectivity index (χ2v) is 6.93. The Morgan fingerprint density at radius 1 is 1.41 bits per heavy atom. The van der Waals surface area contributed by atoms with E-state index in [1.165, 1.54) is 13.8 Å². The molecule has 122 valence electrons. The van der Waals surface area contributed by atoms with Gasteiger partial charge in [-0.05, 0) is 6.92 Å². The van der Waals surface area contributed by atoms with Gasteiger partial charge in [0.15, 0.2) is 0 Å². The second kappa shape index (κ2) is 6.34. The van der Waals surface area contributed by atoms with Gasteiger partial charge in [-0.25, -0.2) is 17.9 Å². The van der Waals surface area contributed by atoms with E-state index in [1.54, 1.807) is 0 Å². The predicted molar refractivity (Wildman–Crippen MR) is 73.3 cm³/mol. The van der Waals surface area contributed by atoms with Crippen LogP contribution >= 0.6 is 0 Å². The van der Waals surface area contributed by atoms with Crippen molar-refractivity contribution in [2.24, 2.45) is 11.8 Å². The maximum Gasteiger partial charge on any atom is 0.441 e. The lowest BCUT2D eigenvalue weighted by Crippen LogP contribution is -2.68. The van der Waals surface area contributed by atoms with Crippen molar-refractivity contribution in [2.45, 2.75) is 25.9 Å². The van der Waals surface area contributed by atoms with Crippen LogP contribution in [0, 0.1) is 11.8 Å². The number of rotatable bonds is 7. The van der Waals surface area contributed by atoms with Crippen LogP contribution in [0.4, 0.5) is 0 Å². The monoisotopic (exact) mass is 332 g/mol. The van der Waals surface area contributed by atoms with Crippen molar-refractivity contribution < 1.29 is 32.7 Å². The van der Waals surface area contributed by atoms with Crippen LogP contribution < -0.4 is 10.0 Å². The van der Waals surface area contributed by atoms with Crippen LogP contribution in [0.3, 0.4) is 0 Å². The normalized spacial score (nSPS) is 23.5.